The number of likely N-dealkylation sites (tertiary alicyclic amines) is 2. The summed E-state index contributed by atoms with van der Waals surface area (Å²) < 4.78 is 78.8. The van der Waals surface area contributed by atoms with Gasteiger partial charge in [-0.05, 0) is 135 Å². The third kappa shape index (κ3) is 19.6. The molecule has 4 aromatic rings. The van der Waals surface area contributed by atoms with E-state index in [1.807, 2.05) is 24.3 Å². The molecule has 4 aliphatic rings. The van der Waals surface area contributed by atoms with Crippen molar-refractivity contribution in [1.29, 1.82) is 0 Å². The van der Waals surface area contributed by atoms with Crippen molar-refractivity contribution in [3.05, 3.63) is 119 Å². The van der Waals surface area contributed by atoms with Crippen LogP contribution in [0.4, 0.5) is 0 Å². The molecule has 1 atom stereocenters. The standard InChI is InChI=1S/C24H32N2O4S2.C24H32N2O3S2.CH4.I3.H2O2/c1-30-23-7-8-24-22(18-23)19-26(13-15-31(24)27)32(28,29)16-14-25-11-9-21(10-12-25)17-20-5-3-2-4-6-20;1-29-23-7-8-24-22(18-23)19-26(13-15-30-24)31(27,28)16-14-25-11-9-21(10-12-25)17-20-5-3-2-4-6-20;;1-3-2;1-2/h2-8,18,21H,9-17,19H2,1H3;2-8,18,21H,9-17,19H2,1H3;1H4;;1-2H/q;;;-1;. The van der Waals surface area contributed by atoms with Gasteiger partial charge in [0.1, 0.15) is 11.5 Å². The molecule has 0 bridgehead atoms. The molecule has 0 saturated carbocycles. The first-order valence-electron chi connectivity index (χ1n) is 22.8. The van der Waals surface area contributed by atoms with Gasteiger partial charge in [0.2, 0.25) is 20.0 Å². The predicted octanol–water partition coefficient (Wildman–Crippen LogP) is 6.22. The zero-order valence-corrected chi connectivity index (χ0v) is 48.6. The van der Waals surface area contributed by atoms with Gasteiger partial charge in [-0.25, -0.2) is 16.8 Å². The maximum absolute atomic E-state index is 13.1. The van der Waals surface area contributed by atoms with E-state index in [1.165, 1.54) is 15.4 Å². The molecule has 0 radical (unpaired) electrons. The quantitative estimate of drug-likeness (QED) is 0.0837. The molecule has 0 spiro atoms. The molecule has 4 heterocycles. The summed E-state index contributed by atoms with van der Waals surface area (Å²) in [5.74, 6) is 4.19. The summed E-state index contributed by atoms with van der Waals surface area (Å²) in [5.41, 5.74) is 4.58. The number of methoxy groups -OCH3 is 2. The van der Waals surface area contributed by atoms with Gasteiger partial charge >= 0.3 is 50.5 Å². The van der Waals surface area contributed by atoms with E-state index in [0.29, 0.717) is 67.7 Å². The van der Waals surface area contributed by atoms with Crippen LogP contribution in [0.5, 0.6) is 11.5 Å². The summed E-state index contributed by atoms with van der Waals surface area (Å²) in [4.78, 5) is 6.46. The number of hydrogen-bond acceptors (Lipinski definition) is 12. The molecule has 4 aromatic carbocycles. The topological polar surface area (TPSA) is 157 Å². The van der Waals surface area contributed by atoms with E-state index in [-0.39, 0.29) is 32.0 Å². The number of hydrogen-bond donors (Lipinski definition) is 2. The molecule has 13 nitrogen and oxygen atoms in total. The Labute approximate surface area is 449 Å². The largest absolute Gasteiger partial charge is 0.255 e. The van der Waals surface area contributed by atoms with E-state index >= 15 is 0 Å². The summed E-state index contributed by atoms with van der Waals surface area (Å²) >= 11 is 7.02. The number of piperidine rings is 2. The molecule has 0 amide bonds. The van der Waals surface area contributed by atoms with Crippen molar-refractivity contribution in [1.82, 2.24) is 18.4 Å². The van der Waals surface area contributed by atoms with Crippen molar-refractivity contribution in [3.8, 4) is 11.5 Å². The van der Waals surface area contributed by atoms with Gasteiger partial charge in [0.05, 0.1) is 36.5 Å². The minimum Gasteiger partial charge on any atom is -0.255 e. The second kappa shape index (κ2) is 31.5. The summed E-state index contributed by atoms with van der Waals surface area (Å²) in [6.45, 7) is 6.55. The normalized spacial score (nSPS) is 18.7. The molecule has 2 saturated heterocycles. The van der Waals surface area contributed by atoms with Crippen molar-refractivity contribution in [2.24, 2.45) is 11.8 Å². The first kappa shape index (κ1) is 60.4. The zero-order chi connectivity index (χ0) is 48.9. The van der Waals surface area contributed by atoms with Crippen LogP contribution in [-0.4, -0.2) is 140 Å². The number of ether oxygens (including phenoxy) is 2. The number of rotatable bonds is 14. The second-order valence-corrected chi connectivity index (χ2v) is 40.2. The van der Waals surface area contributed by atoms with Gasteiger partial charge in [0.25, 0.3) is 0 Å². The Hall–Kier alpha value is -1.17. The molecule has 0 aliphatic carbocycles. The Bertz CT molecular complexity index is 2360. The van der Waals surface area contributed by atoms with Crippen molar-refractivity contribution < 1.29 is 54.3 Å². The minimum absolute atomic E-state index is 0. The maximum atomic E-state index is 13.1. The van der Waals surface area contributed by atoms with Crippen LogP contribution in [0.2, 0.25) is 0 Å². The van der Waals surface area contributed by atoms with Gasteiger partial charge in [-0.3, -0.25) is 14.7 Å². The average Bonchev–Trinajstić information content (AvgIpc) is 3.69. The number of thioether (sulfide) groups is 1. The Morgan fingerprint density at radius 2 is 1.09 bits per heavy atom. The second-order valence-electron chi connectivity index (χ2n) is 17.1. The van der Waals surface area contributed by atoms with E-state index in [1.54, 1.807) is 48.5 Å². The fourth-order valence-corrected chi connectivity index (χ4v) is 14.4. The summed E-state index contributed by atoms with van der Waals surface area (Å²) in [6.07, 6.45) is 6.71. The molecule has 69 heavy (non-hydrogen) atoms. The van der Waals surface area contributed by atoms with E-state index in [4.69, 9.17) is 20.0 Å². The number of nitrogens with zero attached hydrogens (tertiary/aromatic N) is 4. The molecule has 4 aliphatic heterocycles. The van der Waals surface area contributed by atoms with Crippen LogP contribution in [0.1, 0.15) is 55.4 Å². The summed E-state index contributed by atoms with van der Waals surface area (Å²) in [5, 5.41) is 12.0. The first-order valence-corrected chi connectivity index (χ1v) is 40.9. The number of fused-ring (bicyclic) bond motifs is 2. The van der Waals surface area contributed by atoms with Crippen molar-refractivity contribution >= 4 is 79.8 Å². The molecule has 1 unspecified atom stereocenters. The van der Waals surface area contributed by atoms with E-state index in [2.05, 4.69) is 102 Å². The first-order chi connectivity index (χ1) is 32.9. The molecule has 2 fully saturated rings. The van der Waals surface area contributed by atoms with Crippen LogP contribution in [0, 0.1) is 11.8 Å². The van der Waals surface area contributed by atoms with Crippen LogP contribution in [-0.2, 0) is 56.8 Å². The van der Waals surface area contributed by atoms with E-state index in [0.717, 1.165) is 92.2 Å². The molecule has 20 heteroatoms. The van der Waals surface area contributed by atoms with Gasteiger partial charge in [0, 0.05) is 60.6 Å². The van der Waals surface area contributed by atoms with Gasteiger partial charge in [0.15, 0.2) is 0 Å². The molecular formula is C49H70I3N4O9S4-. The maximum Gasteiger partial charge on any atom is -0.255 e. The van der Waals surface area contributed by atoms with Gasteiger partial charge in [-0.2, -0.15) is 8.61 Å². The van der Waals surface area contributed by atoms with Crippen LogP contribution < -0.4 is 22.7 Å². The third-order valence-corrected chi connectivity index (χ3v) is 19.0. The molecule has 2 N–H and O–H groups in total. The SMILES string of the molecule is C.COc1ccc2c(c1)CN(S(=O)(=O)CCN1CCC(Cc3ccccc3)CC1)CCS2.COc1ccc2c(c1)CN(S(=O)(=O)CCN1CCC(Cc3ccccc3)CC1)CCS2=O.I[I-]I.OO. The number of sulfonamides is 2. The summed E-state index contributed by atoms with van der Waals surface area (Å²) in [7, 11) is -4.71. The number of benzene rings is 4. The molecule has 386 valence electrons. The summed E-state index contributed by atoms with van der Waals surface area (Å²) in [6, 6.07) is 32.6. The average molecular weight is 1370 g/mol. The van der Waals surface area contributed by atoms with Crippen LogP contribution >= 0.6 is 49.0 Å². The third-order valence-electron chi connectivity index (χ3n) is 12.9. The smallest absolute Gasteiger partial charge is 0.255 e. The fourth-order valence-electron chi connectivity index (χ4n) is 9.01. The van der Waals surface area contributed by atoms with Crippen molar-refractivity contribution in [2.45, 2.75) is 68.8 Å². The Balaban J connectivity index is 0.000000272. The minimum atomic E-state index is -3.44. The molecule has 8 rings (SSSR count). The van der Waals surface area contributed by atoms with Crippen molar-refractivity contribution in [3.63, 3.8) is 0 Å². The zero-order valence-electron chi connectivity index (χ0n) is 38.8. The van der Waals surface area contributed by atoms with E-state index < -0.39 is 30.8 Å². The molecular weight excluding hydrogens is 1300 g/mol. The molecule has 0 aromatic heterocycles. The Morgan fingerprint density at radius 1 is 0.652 bits per heavy atom. The van der Waals surface area contributed by atoms with Crippen LogP contribution in [0.3, 0.4) is 0 Å². The van der Waals surface area contributed by atoms with Gasteiger partial charge in [-0.15, -0.1) is 11.8 Å². The van der Waals surface area contributed by atoms with Gasteiger partial charge < -0.3 is 19.3 Å². The van der Waals surface area contributed by atoms with Crippen LogP contribution in [0.25, 0.3) is 0 Å². The Morgan fingerprint density at radius 3 is 1.57 bits per heavy atom. The van der Waals surface area contributed by atoms with Gasteiger partial charge in [-0.1, -0.05) is 68.1 Å². The van der Waals surface area contributed by atoms with Crippen molar-refractivity contribution in [2.75, 3.05) is 89.6 Å². The fraction of sp³-hybridized carbons (Fsp3) is 0.510. The number of halogens is 3. The van der Waals surface area contributed by atoms with Crippen LogP contribution in [0.15, 0.2) is 107 Å². The van der Waals surface area contributed by atoms with E-state index in [9.17, 15) is 21.0 Å². The Kier molecular flexibility index (Phi) is 27.6. The predicted molar refractivity (Wildman–Crippen MR) is 295 cm³/mol. The monoisotopic (exact) mass is 1370 g/mol.